The zero-order valence-corrected chi connectivity index (χ0v) is 7.01. The van der Waals surface area contributed by atoms with Gasteiger partial charge in [-0.1, -0.05) is 17.7 Å². The molecule has 1 aliphatic heterocycles. The van der Waals surface area contributed by atoms with E-state index in [0.717, 1.165) is 6.42 Å². The van der Waals surface area contributed by atoms with Crippen molar-refractivity contribution >= 4 is 6.21 Å². The molecule has 2 aliphatic carbocycles. The molecule has 0 aromatic rings. The maximum absolute atomic E-state index is 4.45. The summed E-state index contributed by atoms with van der Waals surface area (Å²) in [5.74, 6) is 0. The van der Waals surface area contributed by atoms with Gasteiger partial charge in [-0.25, -0.2) is 0 Å². The monoisotopic (exact) mass is 157 g/mol. The van der Waals surface area contributed by atoms with Crippen molar-refractivity contribution < 1.29 is 0 Å². The third kappa shape index (κ3) is 0.711. The van der Waals surface area contributed by atoms with Crippen molar-refractivity contribution in [2.75, 3.05) is 0 Å². The molecule has 0 aromatic heterocycles. The number of rotatable bonds is 0. The first-order valence-electron chi connectivity index (χ1n) is 4.58. The van der Waals surface area contributed by atoms with E-state index in [4.69, 9.17) is 0 Å². The molecule has 0 amide bonds. The fraction of sp³-hybridized carbons (Fsp3) is 0.364. The standard InChI is InChI=1S/C11H11N/c1-2-8-4-5-9-6-7-12-11(9)10(8)3-1/h1,3,7H,2,4-6H2. The van der Waals surface area contributed by atoms with E-state index in [2.05, 4.69) is 17.1 Å². The Hall–Kier alpha value is -1.11. The van der Waals surface area contributed by atoms with Crippen LogP contribution in [0.4, 0.5) is 0 Å². The average molecular weight is 157 g/mol. The molecule has 0 spiro atoms. The van der Waals surface area contributed by atoms with Gasteiger partial charge in [0.15, 0.2) is 0 Å². The fourth-order valence-corrected chi connectivity index (χ4v) is 2.25. The SMILES string of the molecule is C1=CC2=C(C1)CCC1=C2N=CC1. The second kappa shape index (κ2) is 2.19. The second-order valence-electron chi connectivity index (χ2n) is 3.59. The molecular formula is C11H11N. The zero-order chi connectivity index (χ0) is 7.97. The van der Waals surface area contributed by atoms with Gasteiger partial charge in [0.25, 0.3) is 0 Å². The van der Waals surface area contributed by atoms with Crippen LogP contribution in [-0.2, 0) is 0 Å². The van der Waals surface area contributed by atoms with E-state index in [1.54, 1.807) is 11.1 Å². The second-order valence-corrected chi connectivity index (χ2v) is 3.59. The predicted octanol–water partition coefficient (Wildman–Crippen LogP) is 2.77. The molecule has 0 bridgehead atoms. The van der Waals surface area contributed by atoms with E-state index in [-0.39, 0.29) is 0 Å². The van der Waals surface area contributed by atoms with Crippen molar-refractivity contribution in [1.82, 2.24) is 0 Å². The minimum absolute atomic E-state index is 1.10. The number of fused-ring (bicyclic) bond motifs is 1. The molecule has 0 radical (unpaired) electrons. The van der Waals surface area contributed by atoms with Gasteiger partial charge >= 0.3 is 0 Å². The summed E-state index contributed by atoms with van der Waals surface area (Å²) < 4.78 is 0. The minimum atomic E-state index is 1.10. The molecule has 0 unspecified atom stereocenters. The van der Waals surface area contributed by atoms with Crippen molar-refractivity contribution in [2.45, 2.75) is 25.7 Å². The van der Waals surface area contributed by atoms with Crippen molar-refractivity contribution in [1.29, 1.82) is 0 Å². The summed E-state index contributed by atoms with van der Waals surface area (Å²) in [6.45, 7) is 0. The lowest BCUT2D eigenvalue weighted by Crippen LogP contribution is -1.97. The molecule has 1 heteroatoms. The molecule has 60 valence electrons. The van der Waals surface area contributed by atoms with Crippen LogP contribution in [0, 0.1) is 0 Å². The quantitative estimate of drug-likeness (QED) is 0.512. The van der Waals surface area contributed by atoms with E-state index in [9.17, 15) is 0 Å². The highest BCUT2D eigenvalue weighted by molar-refractivity contribution is 5.72. The summed E-state index contributed by atoms with van der Waals surface area (Å²) in [5.41, 5.74) is 5.89. The zero-order valence-electron chi connectivity index (χ0n) is 7.01. The molecule has 0 saturated carbocycles. The average Bonchev–Trinajstić information content (AvgIpc) is 2.71. The molecule has 0 N–H and O–H groups in total. The molecule has 3 aliphatic rings. The Morgan fingerprint density at radius 1 is 1.08 bits per heavy atom. The van der Waals surface area contributed by atoms with Crippen LogP contribution in [0.25, 0.3) is 0 Å². The summed E-state index contributed by atoms with van der Waals surface area (Å²) in [4.78, 5) is 4.45. The maximum atomic E-state index is 4.45. The van der Waals surface area contributed by atoms with Crippen molar-refractivity contribution in [2.24, 2.45) is 4.99 Å². The molecule has 3 rings (SSSR count). The van der Waals surface area contributed by atoms with Gasteiger partial charge in [-0.3, -0.25) is 4.99 Å². The highest BCUT2D eigenvalue weighted by atomic mass is 14.8. The van der Waals surface area contributed by atoms with Gasteiger partial charge in [-0.05, 0) is 30.4 Å². The molecule has 12 heavy (non-hydrogen) atoms. The third-order valence-corrected chi connectivity index (χ3v) is 2.91. The number of hydrogen-bond acceptors (Lipinski definition) is 1. The lowest BCUT2D eigenvalue weighted by Gasteiger charge is -2.15. The molecule has 0 atom stereocenters. The Labute approximate surface area is 72.2 Å². The van der Waals surface area contributed by atoms with Crippen molar-refractivity contribution in [3.63, 3.8) is 0 Å². The first-order valence-corrected chi connectivity index (χ1v) is 4.58. The third-order valence-electron chi connectivity index (χ3n) is 2.91. The number of nitrogens with zero attached hydrogens (tertiary/aromatic N) is 1. The fourth-order valence-electron chi connectivity index (χ4n) is 2.25. The van der Waals surface area contributed by atoms with Crippen LogP contribution in [0.5, 0.6) is 0 Å². The first kappa shape index (κ1) is 6.41. The maximum Gasteiger partial charge on any atom is 0.0693 e. The normalized spacial score (nSPS) is 25.3. The Balaban J connectivity index is 2.15. The molecule has 0 fully saturated rings. The largest absolute Gasteiger partial charge is 0.260 e. The Morgan fingerprint density at radius 2 is 2.00 bits per heavy atom. The van der Waals surface area contributed by atoms with Crippen LogP contribution in [0.15, 0.2) is 39.6 Å². The van der Waals surface area contributed by atoms with Crippen LogP contribution < -0.4 is 0 Å². The van der Waals surface area contributed by atoms with Crippen LogP contribution in [0.1, 0.15) is 25.7 Å². The number of hydrogen-bond donors (Lipinski definition) is 0. The highest BCUT2D eigenvalue weighted by Crippen LogP contribution is 2.39. The summed E-state index contributed by atoms with van der Waals surface area (Å²) in [7, 11) is 0. The predicted molar refractivity (Wildman–Crippen MR) is 50.2 cm³/mol. The van der Waals surface area contributed by atoms with Gasteiger partial charge in [0.2, 0.25) is 0 Å². The van der Waals surface area contributed by atoms with Gasteiger partial charge in [0.05, 0.1) is 5.70 Å². The van der Waals surface area contributed by atoms with E-state index in [0.29, 0.717) is 0 Å². The van der Waals surface area contributed by atoms with Gasteiger partial charge < -0.3 is 0 Å². The first-order chi connectivity index (χ1) is 5.95. The van der Waals surface area contributed by atoms with Crippen LogP contribution >= 0.6 is 0 Å². The van der Waals surface area contributed by atoms with E-state index in [1.807, 2.05) is 6.21 Å². The molecule has 0 saturated heterocycles. The van der Waals surface area contributed by atoms with Gasteiger partial charge in [0, 0.05) is 12.6 Å². The Bertz CT molecular complexity index is 317. The van der Waals surface area contributed by atoms with E-state index >= 15 is 0 Å². The van der Waals surface area contributed by atoms with Gasteiger partial charge in [-0.15, -0.1) is 0 Å². The lowest BCUT2D eigenvalue weighted by atomic mass is 9.91. The molecular weight excluding hydrogens is 146 g/mol. The smallest absolute Gasteiger partial charge is 0.0693 e. The van der Waals surface area contributed by atoms with Crippen LogP contribution in [-0.4, -0.2) is 6.21 Å². The van der Waals surface area contributed by atoms with Gasteiger partial charge in [0.1, 0.15) is 0 Å². The van der Waals surface area contributed by atoms with Crippen molar-refractivity contribution in [3.05, 3.63) is 34.6 Å². The Kier molecular flexibility index (Phi) is 1.17. The van der Waals surface area contributed by atoms with Crippen LogP contribution in [0.2, 0.25) is 0 Å². The number of allylic oxidation sites excluding steroid dienone is 4. The van der Waals surface area contributed by atoms with Crippen molar-refractivity contribution in [3.8, 4) is 0 Å². The van der Waals surface area contributed by atoms with Gasteiger partial charge in [-0.2, -0.15) is 0 Å². The highest BCUT2D eigenvalue weighted by Gasteiger charge is 2.23. The summed E-state index contributed by atoms with van der Waals surface area (Å²) in [5, 5.41) is 0. The number of aliphatic imine (C=N–C) groups is 1. The van der Waals surface area contributed by atoms with Crippen LogP contribution in [0.3, 0.4) is 0 Å². The molecule has 1 heterocycles. The summed E-state index contributed by atoms with van der Waals surface area (Å²) >= 11 is 0. The lowest BCUT2D eigenvalue weighted by molar-refractivity contribution is 0.856. The molecule has 0 aromatic carbocycles. The van der Waals surface area contributed by atoms with E-state index in [1.165, 1.54) is 30.5 Å². The topological polar surface area (TPSA) is 12.4 Å². The molecule has 1 nitrogen and oxygen atoms in total. The Morgan fingerprint density at radius 3 is 3.00 bits per heavy atom. The minimum Gasteiger partial charge on any atom is -0.260 e. The van der Waals surface area contributed by atoms with E-state index < -0.39 is 0 Å². The summed E-state index contributed by atoms with van der Waals surface area (Å²) in [6.07, 6.45) is 11.3. The summed E-state index contributed by atoms with van der Waals surface area (Å²) in [6, 6.07) is 0.